The minimum absolute atomic E-state index is 0.0155. The van der Waals surface area contributed by atoms with Crippen molar-refractivity contribution in [1.29, 1.82) is 0 Å². The van der Waals surface area contributed by atoms with Gasteiger partial charge in [0.05, 0.1) is 6.61 Å². The Hall–Kier alpha value is -0.530. The topological polar surface area (TPSA) is 114 Å². The zero-order chi connectivity index (χ0) is 12.7. The molecule has 0 heterocycles. The first-order chi connectivity index (χ1) is 7.43. The highest BCUT2D eigenvalue weighted by Gasteiger charge is 2.28. The standard InChI is InChI=1S/C10H21NO5/c1-3-6(2)11-4-7(13)9(15)10(16)8(14)5-12/h4,6-10,12-16H,3,5H2,1-2H3/t6?,7-,8-,9-,10-/m1/s1. The lowest BCUT2D eigenvalue weighted by Crippen LogP contribution is -2.46. The van der Waals surface area contributed by atoms with Crippen molar-refractivity contribution in [3.05, 3.63) is 0 Å². The average molecular weight is 235 g/mol. The van der Waals surface area contributed by atoms with Gasteiger partial charge >= 0.3 is 0 Å². The fraction of sp³-hybridized carbons (Fsp3) is 0.900. The highest BCUT2D eigenvalue weighted by molar-refractivity contribution is 5.63. The molecular formula is C10H21NO5. The molecule has 5 atom stereocenters. The molecule has 5 N–H and O–H groups in total. The van der Waals surface area contributed by atoms with Gasteiger partial charge in [0.15, 0.2) is 0 Å². The fourth-order valence-corrected chi connectivity index (χ4v) is 0.966. The van der Waals surface area contributed by atoms with E-state index in [0.29, 0.717) is 0 Å². The van der Waals surface area contributed by atoms with Gasteiger partial charge in [-0.1, -0.05) is 6.92 Å². The van der Waals surface area contributed by atoms with Crippen LogP contribution in [-0.4, -0.2) is 68.8 Å². The molecule has 96 valence electrons. The van der Waals surface area contributed by atoms with Crippen LogP contribution in [0.3, 0.4) is 0 Å². The second kappa shape index (κ2) is 7.70. The summed E-state index contributed by atoms with van der Waals surface area (Å²) in [6, 6.07) is 0.0155. The van der Waals surface area contributed by atoms with Crippen LogP contribution in [0.15, 0.2) is 4.99 Å². The molecule has 0 aliphatic carbocycles. The van der Waals surface area contributed by atoms with Crippen LogP contribution in [-0.2, 0) is 0 Å². The van der Waals surface area contributed by atoms with Crippen LogP contribution in [0, 0.1) is 0 Å². The summed E-state index contributed by atoms with van der Waals surface area (Å²) in [6.07, 6.45) is -4.11. The molecule has 0 bridgehead atoms. The van der Waals surface area contributed by atoms with Crippen molar-refractivity contribution in [2.75, 3.05) is 6.61 Å². The number of rotatable bonds is 7. The third-order valence-electron chi connectivity index (χ3n) is 2.37. The minimum Gasteiger partial charge on any atom is -0.394 e. The van der Waals surface area contributed by atoms with Gasteiger partial charge in [-0.25, -0.2) is 0 Å². The quantitative estimate of drug-likeness (QED) is 0.337. The average Bonchev–Trinajstić information content (AvgIpc) is 2.32. The first-order valence-electron chi connectivity index (χ1n) is 5.30. The Morgan fingerprint density at radius 1 is 1.12 bits per heavy atom. The molecule has 0 fully saturated rings. The van der Waals surface area contributed by atoms with Crippen molar-refractivity contribution in [2.45, 2.75) is 50.7 Å². The summed E-state index contributed by atoms with van der Waals surface area (Å²) in [6.45, 7) is 3.08. The number of aliphatic hydroxyl groups is 5. The van der Waals surface area contributed by atoms with Gasteiger partial charge in [-0.15, -0.1) is 0 Å². The predicted octanol–water partition coefficient (Wildman–Crippen LogP) is -1.71. The van der Waals surface area contributed by atoms with Crippen LogP contribution in [0.1, 0.15) is 20.3 Å². The van der Waals surface area contributed by atoms with Crippen molar-refractivity contribution in [2.24, 2.45) is 4.99 Å². The minimum atomic E-state index is -1.61. The molecule has 0 radical (unpaired) electrons. The van der Waals surface area contributed by atoms with Gasteiger partial charge in [0, 0.05) is 12.3 Å². The van der Waals surface area contributed by atoms with Crippen molar-refractivity contribution in [1.82, 2.24) is 0 Å². The van der Waals surface area contributed by atoms with E-state index in [1.54, 1.807) is 0 Å². The molecule has 0 aromatic carbocycles. The van der Waals surface area contributed by atoms with Gasteiger partial charge in [-0.2, -0.15) is 0 Å². The molecule has 0 aromatic rings. The SMILES string of the molecule is CCC(C)N=C[C@@H](O)[C@@H](O)[C@H](O)[C@H](O)CO. The second-order valence-corrected chi connectivity index (χ2v) is 3.78. The maximum Gasteiger partial charge on any atom is 0.117 e. The van der Waals surface area contributed by atoms with Gasteiger partial charge in [0.2, 0.25) is 0 Å². The summed E-state index contributed by atoms with van der Waals surface area (Å²) in [7, 11) is 0. The van der Waals surface area contributed by atoms with E-state index in [1.165, 1.54) is 0 Å². The molecule has 0 aromatic heterocycles. The van der Waals surface area contributed by atoms with Crippen LogP contribution < -0.4 is 0 Å². The van der Waals surface area contributed by atoms with Crippen LogP contribution in [0.4, 0.5) is 0 Å². The van der Waals surface area contributed by atoms with Crippen molar-refractivity contribution in [3.63, 3.8) is 0 Å². The van der Waals surface area contributed by atoms with Crippen molar-refractivity contribution in [3.8, 4) is 0 Å². The summed E-state index contributed by atoms with van der Waals surface area (Å²) in [5.41, 5.74) is 0. The molecule has 0 aliphatic rings. The number of aliphatic hydroxyl groups excluding tert-OH is 5. The zero-order valence-corrected chi connectivity index (χ0v) is 9.56. The molecular weight excluding hydrogens is 214 g/mol. The largest absolute Gasteiger partial charge is 0.394 e. The molecule has 16 heavy (non-hydrogen) atoms. The summed E-state index contributed by atoms with van der Waals surface area (Å²) in [4.78, 5) is 3.94. The molecule has 6 nitrogen and oxygen atoms in total. The van der Waals surface area contributed by atoms with Gasteiger partial charge in [-0.3, -0.25) is 4.99 Å². The lowest BCUT2D eigenvalue weighted by Gasteiger charge is -2.23. The Morgan fingerprint density at radius 2 is 1.69 bits per heavy atom. The molecule has 0 saturated carbocycles. The summed E-state index contributed by atoms with van der Waals surface area (Å²) >= 11 is 0. The van der Waals surface area contributed by atoms with Crippen LogP contribution >= 0.6 is 0 Å². The fourth-order valence-electron chi connectivity index (χ4n) is 0.966. The van der Waals surface area contributed by atoms with E-state index in [9.17, 15) is 15.3 Å². The maximum atomic E-state index is 9.42. The van der Waals surface area contributed by atoms with Crippen molar-refractivity contribution < 1.29 is 25.5 Å². The van der Waals surface area contributed by atoms with Gasteiger partial charge < -0.3 is 25.5 Å². The lowest BCUT2D eigenvalue weighted by molar-refractivity contribution is -0.0999. The maximum absolute atomic E-state index is 9.42. The third-order valence-corrected chi connectivity index (χ3v) is 2.37. The van der Waals surface area contributed by atoms with E-state index in [-0.39, 0.29) is 6.04 Å². The number of aliphatic imine (C=N–C) groups is 1. The smallest absolute Gasteiger partial charge is 0.117 e. The lowest BCUT2D eigenvalue weighted by atomic mass is 10.0. The Kier molecular flexibility index (Phi) is 7.44. The van der Waals surface area contributed by atoms with E-state index in [1.807, 2.05) is 13.8 Å². The highest BCUT2D eigenvalue weighted by Crippen LogP contribution is 2.04. The molecule has 0 amide bonds. The highest BCUT2D eigenvalue weighted by atomic mass is 16.4. The number of hydrogen-bond acceptors (Lipinski definition) is 6. The van der Waals surface area contributed by atoms with E-state index in [4.69, 9.17) is 10.2 Å². The molecule has 0 spiro atoms. The van der Waals surface area contributed by atoms with Crippen LogP contribution in [0.2, 0.25) is 0 Å². The Bertz CT molecular complexity index is 211. The van der Waals surface area contributed by atoms with Gasteiger partial charge in [0.1, 0.15) is 24.4 Å². The second-order valence-electron chi connectivity index (χ2n) is 3.78. The molecule has 0 aliphatic heterocycles. The monoisotopic (exact) mass is 235 g/mol. The summed E-state index contributed by atoms with van der Waals surface area (Å²) < 4.78 is 0. The summed E-state index contributed by atoms with van der Waals surface area (Å²) in [5.74, 6) is 0. The number of hydrogen-bond donors (Lipinski definition) is 5. The molecule has 0 saturated heterocycles. The predicted molar refractivity (Wildman–Crippen MR) is 59.4 cm³/mol. The Balaban J connectivity index is 4.26. The molecule has 0 rings (SSSR count). The van der Waals surface area contributed by atoms with E-state index >= 15 is 0 Å². The molecule has 6 heteroatoms. The molecule has 1 unspecified atom stereocenters. The van der Waals surface area contributed by atoms with Crippen LogP contribution in [0.25, 0.3) is 0 Å². The zero-order valence-electron chi connectivity index (χ0n) is 9.56. The summed E-state index contributed by atoms with van der Waals surface area (Å²) in [5, 5.41) is 45.7. The first-order valence-corrected chi connectivity index (χ1v) is 5.30. The van der Waals surface area contributed by atoms with Gasteiger partial charge in [0.25, 0.3) is 0 Å². The Labute approximate surface area is 94.9 Å². The van der Waals surface area contributed by atoms with Crippen LogP contribution in [0.5, 0.6) is 0 Å². The van der Waals surface area contributed by atoms with Gasteiger partial charge in [-0.05, 0) is 13.3 Å². The third kappa shape index (κ3) is 5.00. The first kappa shape index (κ1) is 15.5. The van der Waals surface area contributed by atoms with Crippen molar-refractivity contribution >= 4 is 6.21 Å². The van der Waals surface area contributed by atoms with E-state index < -0.39 is 31.0 Å². The Morgan fingerprint density at radius 3 is 2.12 bits per heavy atom. The number of nitrogens with zero attached hydrogens (tertiary/aromatic N) is 1. The normalized spacial score (nSPS) is 21.7. The van der Waals surface area contributed by atoms with E-state index in [0.717, 1.165) is 12.6 Å². The van der Waals surface area contributed by atoms with E-state index in [2.05, 4.69) is 4.99 Å².